The SMILES string of the molecule is C=CC(c1cccc(Oc2ccccc2)c1)C1(C(=O)[O-])C(C=C(Cl)C(F)(F)OCC(F)(F)C(F)(F)F)C1(C)C. The molecule has 2 aromatic rings. The van der Waals surface area contributed by atoms with Gasteiger partial charge in [0.05, 0.1) is 0 Å². The number of aliphatic carboxylic acids is 1. The lowest BCUT2D eigenvalue weighted by atomic mass is 9.77. The summed E-state index contributed by atoms with van der Waals surface area (Å²) in [5.74, 6) is -8.67. The van der Waals surface area contributed by atoms with Crippen LogP contribution in [0.1, 0.15) is 25.3 Å². The largest absolute Gasteiger partial charge is 0.549 e. The van der Waals surface area contributed by atoms with Gasteiger partial charge in [0.15, 0.2) is 0 Å². The lowest BCUT2D eigenvalue weighted by Crippen LogP contribution is -2.43. The number of carboxylic acids is 1. The van der Waals surface area contributed by atoms with E-state index >= 15 is 0 Å². The third kappa shape index (κ3) is 5.65. The lowest BCUT2D eigenvalue weighted by molar-refractivity contribution is -0.323. The number of ether oxygens (including phenoxy) is 2. The van der Waals surface area contributed by atoms with Crippen LogP contribution >= 0.6 is 11.6 Å². The predicted octanol–water partition coefficient (Wildman–Crippen LogP) is 7.07. The van der Waals surface area contributed by atoms with Crippen LogP contribution in [0.2, 0.25) is 0 Å². The van der Waals surface area contributed by atoms with Crippen LogP contribution in [0.5, 0.6) is 11.5 Å². The van der Waals surface area contributed by atoms with Crippen molar-refractivity contribution in [2.24, 2.45) is 16.7 Å². The Hall–Kier alpha value is -3.05. The minimum Gasteiger partial charge on any atom is -0.549 e. The Morgan fingerprint density at radius 2 is 1.64 bits per heavy atom. The summed E-state index contributed by atoms with van der Waals surface area (Å²) in [6.45, 7) is 3.87. The molecule has 3 atom stereocenters. The number of rotatable bonds is 11. The van der Waals surface area contributed by atoms with E-state index in [0.29, 0.717) is 23.1 Å². The van der Waals surface area contributed by atoms with E-state index in [0.717, 1.165) is 0 Å². The van der Waals surface area contributed by atoms with Crippen molar-refractivity contribution in [2.75, 3.05) is 6.61 Å². The molecule has 0 aromatic heterocycles. The monoisotopic (exact) mass is 579 g/mol. The number of allylic oxidation sites excluding steroid dienone is 2. The van der Waals surface area contributed by atoms with Crippen LogP contribution in [0.15, 0.2) is 78.4 Å². The molecule has 0 aliphatic heterocycles. The van der Waals surface area contributed by atoms with Gasteiger partial charge in [-0.15, -0.1) is 6.58 Å². The van der Waals surface area contributed by atoms with E-state index in [1.54, 1.807) is 48.5 Å². The third-order valence-electron chi connectivity index (χ3n) is 6.95. The molecule has 1 aliphatic carbocycles. The van der Waals surface area contributed by atoms with Gasteiger partial charge < -0.3 is 19.4 Å². The van der Waals surface area contributed by atoms with Crippen molar-refractivity contribution in [3.63, 3.8) is 0 Å². The number of hydrogen-bond acceptors (Lipinski definition) is 4. The van der Waals surface area contributed by atoms with Crippen LogP contribution in [0.25, 0.3) is 0 Å². The fourth-order valence-corrected chi connectivity index (χ4v) is 5.03. The van der Waals surface area contributed by atoms with Gasteiger partial charge >= 0.3 is 18.2 Å². The minimum absolute atomic E-state index is 0.341. The zero-order chi connectivity index (χ0) is 29.4. The van der Waals surface area contributed by atoms with Crippen LogP contribution in [-0.2, 0) is 9.53 Å². The molecule has 3 unspecified atom stereocenters. The van der Waals surface area contributed by atoms with E-state index in [4.69, 9.17) is 16.3 Å². The van der Waals surface area contributed by atoms with Crippen molar-refractivity contribution in [3.8, 4) is 11.5 Å². The molecule has 1 saturated carbocycles. The minimum atomic E-state index is -6.13. The molecule has 0 saturated heterocycles. The molecule has 3 rings (SSSR count). The molecule has 0 N–H and O–H groups in total. The van der Waals surface area contributed by atoms with Gasteiger partial charge in [0.2, 0.25) is 0 Å². The average molecular weight is 580 g/mol. The zero-order valence-corrected chi connectivity index (χ0v) is 21.3. The molecule has 0 spiro atoms. The summed E-state index contributed by atoms with van der Waals surface area (Å²) >= 11 is 5.62. The molecule has 0 radical (unpaired) electrons. The maximum atomic E-state index is 14.4. The highest BCUT2D eigenvalue weighted by atomic mass is 35.5. The second-order valence-electron chi connectivity index (χ2n) is 9.58. The van der Waals surface area contributed by atoms with Crippen LogP contribution < -0.4 is 9.84 Å². The van der Waals surface area contributed by atoms with Crippen molar-refractivity contribution in [1.29, 1.82) is 0 Å². The second-order valence-corrected chi connectivity index (χ2v) is 9.99. The van der Waals surface area contributed by atoms with E-state index in [-0.39, 0.29) is 0 Å². The summed E-state index contributed by atoms with van der Waals surface area (Å²) in [5.41, 5.74) is -2.81. The van der Waals surface area contributed by atoms with Crippen LogP contribution in [0.4, 0.5) is 30.7 Å². The highest BCUT2D eigenvalue weighted by molar-refractivity contribution is 6.30. The maximum Gasteiger partial charge on any atom is 0.455 e. The second kappa shape index (κ2) is 10.5. The van der Waals surface area contributed by atoms with Gasteiger partial charge in [0, 0.05) is 17.3 Å². The first-order valence-electron chi connectivity index (χ1n) is 11.4. The first-order valence-corrected chi connectivity index (χ1v) is 11.8. The number of hydrogen-bond donors (Lipinski definition) is 0. The molecule has 1 aliphatic rings. The molecule has 1 fully saturated rings. The van der Waals surface area contributed by atoms with Crippen molar-refractivity contribution >= 4 is 17.6 Å². The molecular weight excluding hydrogens is 557 g/mol. The van der Waals surface area contributed by atoms with Crippen molar-refractivity contribution < 1.29 is 50.1 Å². The topological polar surface area (TPSA) is 58.6 Å². The molecule has 212 valence electrons. The lowest BCUT2D eigenvalue weighted by Gasteiger charge is -2.30. The summed E-state index contributed by atoms with van der Waals surface area (Å²) in [6.07, 6.45) is -9.01. The van der Waals surface area contributed by atoms with Gasteiger partial charge in [-0.1, -0.05) is 67.9 Å². The fourth-order valence-electron chi connectivity index (χ4n) is 4.85. The van der Waals surface area contributed by atoms with Crippen molar-refractivity contribution in [1.82, 2.24) is 0 Å². The van der Waals surface area contributed by atoms with Gasteiger partial charge in [-0.25, -0.2) is 0 Å². The summed E-state index contributed by atoms with van der Waals surface area (Å²) in [5, 5.41) is 11.0. The van der Waals surface area contributed by atoms with Gasteiger partial charge in [0.25, 0.3) is 0 Å². The molecule has 12 heteroatoms. The number of carbonyl (C=O) groups is 1. The number of halogens is 8. The normalized spacial score (nSPS) is 22.2. The van der Waals surface area contributed by atoms with Gasteiger partial charge in [-0.2, -0.15) is 30.7 Å². The molecule has 4 nitrogen and oxygen atoms in total. The number of benzene rings is 2. The van der Waals surface area contributed by atoms with E-state index in [1.165, 1.54) is 26.0 Å². The van der Waals surface area contributed by atoms with Gasteiger partial charge in [0.1, 0.15) is 23.1 Å². The molecule has 0 heterocycles. The smallest absolute Gasteiger partial charge is 0.455 e. The first-order chi connectivity index (χ1) is 17.9. The summed E-state index contributed by atoms with van der Waals surface area (Å²) in [6, 6.07) is 15.0. The standard InChI is InChI=1S/C27H24ClF7O4/c1-4-19(16-9-8-12-18(13-16)39-17-10-6-5-7-11-17)25(22(36)37)20(23(25,2)3)14-21(28)26(31,32)38-15-24(29,30)27(33,34)35/h4-14,19-20H,1,15H2,2-3H3,(H,36,37)/p-1. The Morgan fingerprint density at radius 1 is 1.05 bits per heavy atom. The van der Waals surface area contributed by atoms with Gasteiger partial charge in [-0.3, -0.25) is 0 Å². The molecule has 39 heavy (non-hydrogen) atoms. The van der Waals surface area contributed by atoms with Crippen molar-refractivity contribution in [3.05, 3.63) is 83.9 Å². The third-order valence-corrected chi connectivity index (χ3v) is 7.30. The Morgan fingerprint density at radius 3 is 2.18 bits per heavy atom. The van der Waals surface area contributed by atoms with Crippen LogP contribution in [-0.4, -0.2) is 30.8 Å². The maximum absolute atomic E-state index is 14.4. The van der Waals surface area contributed by atoms with Crippen LogP contribution in [0, 0.1) is 16.7 Å². The van der Waals surface area contributed by atoms with Crippen LogP contribution in [0.3, 0.4) is 0 Å². The highest BCUT2D eigenvalue weighted by Gasteiger charge is 2.74. The molecular formula is C27H23ClF7O4-. The number of alkyl halides is 7. The van der Waals surface area contributed by atoms with E-state index in [1.807, 2.05) is 0 Å². The Kier molecular flexibility index (Phi) is 8.21. The quantitative estimate of drug-likeness (QED) is 0.211. The van der Waals surface area contributed by atoms with E-state index < -0.39 is 58.5 Å². The summed E-state index contributed by atoms with van der Waals surface area (Å²) in [4.78, 5) is 12.6. The van der Waals surface area contributed by atoms with E-state index in [9.17, 15) is 40.6 Å². The van der Waals surface area contributed by atoms with E-state index in [2.05, 4.69) is 11.3 Å². The fraction of sp³-hybridized carbons (Fsp3) is 0.370. The molecule has 2 aromatic carbocycles. The number of para-hydroxylation sites is 1. The molecule has 0 bridgehead atoms. The molecule has 0 amide bonds. The summed E-state index contributed by atoms with van der Waals surface area (Å²) in [7, 11) is 0. The zero-order valence-electron chi connectivity index (χ0n) is 20.6. The Labute approximate surface area is 224 Å². The van der Waals surface area contributed by atoms with Gasteiger partial charge in [-0.05, 0) is 41.2 Å². The Bertz CT molecular complexity index is 1240. The Balaban J connectivity index is 1.94. The first kappa shape index (κ1) is 30.5. The number of carboxylic acid groups (broad SMARTS) is 1. The average Bonchev–Trinajstić information content (AvgIpc) is 3.33. The summed E-state index contributed by atoms with van der Waals surface area (Å²) < 4.78 is 101. The van der Waals surface area contributed by atoms with Crippen molar-refractivity contribution in [2.45, 2.75) is 38.0 Å². The highest BCUT2D eigenvalue weighted by Crippen LogP contribution is 2.75. The predicted molar refractivity (Wildman–Crippen MR) is 126 cm³/mol. The number of carbonyl (C=O) groups excluding carboxylic acids is 1.